The van der Waals surface area contributed by atoms with Gasteiger partial charge in [0.15, 0.2) is 5.96 Å². The number of halogens is 1. The van der Waals surface area contributed by atoms with Crippen LogP contribution >= 0.6 is 0 Å². The molecule has 0 bridgehead atoms. The van der Waals surface area contributed by atoms with Crippen LogP contribution in [0, 0.1) is 5.82 Å². The van der Waals surface area contributed by atoms with Gasteiger partial charge in [0, 0.05) is 31.1 Å². The first-order chi connectivity index (χ1) is 14.3. The summed E-state index contributed by atoms with van der Waals surface area (Å²) in [6.45, 7) is 5.27. The second-order valence-electron chi connectivity index (χ2n) is 6.93. The fourth-order valence-corrected chi connectivity index (χ4v) is 3.06. The van der Waals surface area contributed by atoms with Crippen molar-refractivity contribution in [1.82, 2.24) is 5.16 Å². The van der Waals surface area contributed by atoms with Crippen LogP contribution in [-0.4, -0.2) is 28.7 Å². The van der Waals surface area contributed by atoms with Gasteiger partial charge in [-0.05, 0) is 24.1 Å². The molecule has 158 valence electrons. The number of nitrogens with two attached hydrogens (primary N) is 1. The van der Waals surface area contributed by atoms with E-state index in [2.05, 4.69) is 15.5 Å². The van der Waals surface area contributed by atoms with Crippen LogP contribution in [-0.2, 0) is 4.74 Å². The molecule has 0 amide bonds. The Hall–Kier alpha value is -3.23. The number of benzene rings is 2. The zero-order valence-corrected chi connectivity index (χ0v) is 17.1. The predicted octanol–water partition coefficient (Wildman–Crippen LogP) is 4.06. The predicted molar refractivity (Wildman–Crippen MR) is 113 cm³/mol. The Bertz CT molecular complexity index is 1020. The van der Waals surface area contributed by atoms with Crippen LogP contribution in [0.1, 0.15) is 37.9 Å². The van der Waals surface area contributed by atoms with E-state index in [4.69, 9.17) is 15.0 Å². The fourth-order valence-electron chi connectivity index (χ4n) is 3.06. The molecule has 0 saturated heterocycles. The van der Waals surface area contributed by atoms with E-state index in [0.717, 1.165) is 11.1 Å². The number of hydrogen-bond acceptors (Lipinski definition) is 5. The molecule has 0 aliphatic carbocycles. The lowest BCUT2D eigenvalue weighted by molar-refractivity contribution is -0.179. The van der Waals surface area contributed by atoms with Crippen molar-refractivity contribution < 1.29 is 18.8 Å². The SMILES string of the molecule is CCOC(C)(O)N=C(N)Nc1cc(C(C)c2ccc(-c3ccccc3)c(F)c2)no1. The van der Waals surface area contributed by atoms with E-state index in [1.807, 2.05) is 43.3 Å². The van der Waals surface area contributed by atoms with Gasteiger partial charge in [-0.15, -0.1) is 0 Å². The molecule has 4 N–H and O–H groups in total. The van der Waals surface area contributed by atoms with Gasteiger partial charge in [-0.2, -0.15) is 4.99 Å². The molecule has 3 rings (SSSR count). The lowest BCUT2D eigenvalue weighted by atomic mass is 9.95. The number of hydrogen-bond donors (Lipinski definition) is 3. The van der Waals surface area contributed by atoms with E-state index < -0.39 is 5.91 Å². The van der Waals surface area contributed by atoms with Crippen molar-refractivity contribution in [1.29, 1.82) is 0 Å². The van der Waals surface area contributed by atoms with Crippen molar-refractivity contribution in [2.75, 3.05) is 11.9 Å². The van der Waals surface area contributed by atoms with Crippen LogP contribution in [0.25, 0.3) is 11.1 Å². The lowest BCUT2D eigenvalue weighted by Gasteiger charge is -2.18. The molecule has 0 spiro atoms. The number of anilines is 1. The molecule has 2 atom stereocenters. The second kappa shape index (κ2) is 9.06. The molecule has 8 heteroatoms. The van der Waals surface area contributed by atoms with Gasteiger partial charge in [-0.25, -0.2) is 4.39 Å². The third-order valence-corrected chi connectivity index (χ3v) is 4.55. The van der Waals surface area contributed by atoms with Crippen LogP contribution in [0.4, 0.5) is 10.3 Å². The summed E-state index contributed by atoms with van der Waals surface area (Å²) in [6, 6.07) is 16.1. The number of aliphatic imine (C=N–C) groups is 1. The van der Waals surface area contributed by atoms with Crippen LogP contribution in [0.2, 0.25) is 0 Å². The van der Waals surface area contributed by atoms with E-state index in [0.29, 0.717) is 11.3 Å². The Labute approximate surface area is 174 Å². The molecule has 0 fully saturated rings. The van der Waals surface area contributed by atoms with Gasteiger partial charge in [0.1, 0.15) is 5.82 Å². The van der Waals surface area contributed by atoms with E-state index in [1.54, 1.807) is 19.1 Å². The number of guanidine groups is 1. The van der Waals surface area contributed by atoms with Gasteiger partial charge in [0.05, 0.1) is 5.69 Å². The molecule has 0 radical (unpaired) electrons. The van der Waals surface area contributed by atoms with Gasteiger partial charge in [0.2, 0.25) is 5.88 Å². The van der Waals surface area contributed by atoms with Gasteiger partial charge in [-0.3, -0.25) is 5.32 Å². The lowest BCUT2D eigenvalue weighted by Crippen LogP contribution is -2.32. The van der Waals surface area contributed by atoms with Crippen molar-refractivity contribution in [3.05, 3.63) is 71.7 Å². The minimum Gasteiger partial charge on any atom is -0.369 e. The number of ether oxygens (including phenoxy) is 1. The molecule has 3 aromatic rings. The summed E-state index contributed by atoms with van der Waals surface area (Å²) in [6.07, 6.45) is 0. The molecular weight excluding hydrogens is 387 g/mol. The molecular formula is C22H25FN4O3. The topological polar surface area (TPSA) is 106 Å². The van der Waals surface area contributed by atoms with Crippen molar-refractivity contribution in [2.45, 2.75) is 32.6 Å². The molecule has 1 aromatic heterocycles. The summed E-state index contributed by atoms with van der Waals surface area (Å²) < 4.78 is 25.0. The first-order valence-electron chi connectivity index (χ1n) is 9.59. The first kappa shape index (κ1) is 21.5. The third-order valence-electron chi connectivity index (χ3n) is 4.55. The summed E-state index contributed by atoms with van der Waals surface area (Å²) in [5.74, 6) is -2.12. The molecule has 7 nitrogen and oxygen atoms in total. The Kier molecular flexibility index (Phi) is 6.49. The normalized spacial score (nSPS) is 14.9. The summed E-state index contributed by atoms with van der Waals surface area (Å²) in [5, 5.41) is 16.7. The molecule has 2 aromatic carbocycles. The molecule has 0 saturated carbocycles. The quantitative estimate of drug-likeness (QED) is 0.307. The van der Waals surface area contributed by atoms with Crippen molar-refractivity contribution in [3.63, 3.8) is 0 Å². The summed E-state index contributed by atoms with van der Waals surface area (Å²) in [4.78, 5) is 3.84. The number of rotatable bonds is 7. The van der Waals surface area contributed by atoms with Crippen LogP contribution < -0.4 is 11.1 Å². The highest BCUT2D eigenvalue weighted by molar-refractivity contribution is 5.91. The molecule has 30 heavy (non-hydrogen) atoms. The van der Waals surface area contributed by atoms with Crippen molar-refractivity contribution in [2.24, 2.45) is 10.7 Å². The Balaban J connectivity index is 1.74. The summed E-state index contributed by atoms with van der Waals surface area (Å²) >= 11 is 0. The maximum Gasteiger partial charge on any atom is 0.267 e. The minimum absolute atomic E-state index is 0.0953. The highest BCUT2D eigenvalue weighted by atomic mass is 19.1. The Morgan fingerprint density at radius 3 is 2.70 bits per heavy atom. The average Bonchev–Trinajstić information content (AvgIpc) is 3.15. The monoisotopic (exact) mass is 412 g/mol. The zero-order valence-electron chi connectivity index (χ0n) is 17.1. The number of aromatic nitrogens is 1. The molecule has 0 aliphatic heterocycles. The largest absolute Gasteiger partial charge is 0.369 e. The van der Waals surface area contributed by atoms with E-state index in [1.165, 1.54) is 13.0 Å². The van der Waals surface area contributed by atoms with Crippen molar-refractivity contribution >= 4 is 11.8 Å². The third kappa shape index (κ3) is 5.22. The zero-order chi connectivity index (χ0) is 21.7. The number of aliphatic hydroxyl groups is 1. The van der Waals surface area contributed by atoms with Crippen LogP contribution in [0.5, 0.6) is 0 Å². The van der Waals surface area contributed by atoms with E-state index in [-0.39, 0.29) is 30.2 Å². The van der Waals surface area contributed by atoms with Gasteiger partial charge in [-0.1, -0.05) is 54.5 Å². The Morgan fingerprint density at radius 2 is 2.03 bits per heavy atom. The number of nitrogens with zero attached hydrogens (tertiary/aromatic N) is 2. The van der Waals surface area contributed by atoms with Gasteiger partial charge >= 0.3 is 0 Å². The standard InChI is InChI=1S/C22H25FN4O3/c1-4-29-22(3,28)26-21(24)25-20-13-19(27-30-20)14(2)16-10-11-17(18(23)12-16)15-8-6-5-7-9-15/h5-14,28H,4H2,1-3H3,(H3,24,25,26). The highest BCUT2D eigenvalue weighted by Crippen LogP contribution is 2.30. The number of nitrogens with one attached hydrogen (secondary N) is 1. The fraction of sp³-hybridized carbons (Fsp3) is 0.273. The first-order valence-corrected chi connectivity index (χ1v) is 9.59. The maximum atomic E-state index is 14.7. The van der Waals surface area contributed by atoms with E-state index in [9.17, 15) is 9.50 Å². The summed E-state index contributed by atoms with van der Waals surface area (Å²) in [5.41, 5.74) is 8.48. The molecule has 1 heterocycles. The van der Waals surface area contributed by atoms with Crippen LogP contribution in [0.15, 0.2) is 64.1 Å². The maximum absolute atomic E-state index is 14.7. The average molecular weight is 412 g/mol. The second-order valence-corrected chi connectivity index (χ2v) is 6.93. The molecule has 0 aliphatic rings. The van der Waals surface area contributed by atoms with Crippen molar-refractivity contribution in [3.8, 4) is 11.1 Å². The van der Waals surface area contributed by atoms with Crippen LogP contribution in [0.3, 0.4) is 0 Å². The molecule has 2 unspecified atom stereocenters. The minimum atomic E-state index is -1.75. The Morgan fingerprint density at radius 1 is 1.30 bits per heavy atom. The smallest absolute Gasteiger partial charge is 0.267 e. The highest BCUT2D eigenvalue weighted by Gasteiger charge is 2.20. The van der Waals surface area contributed by atoms with Gasteiger partial charge < -0.3 is 20.1 Å². The van der Waals surface area contributed by atoms with E-state index >= 15 is 0 Å². The summed E-state index contributed by atoms with van der Waals surface area (Å²) in [7, 11) is 0. The van der Waals surface area contributed by atoms with Gasteiger partial charge in [0.25, 0.3) is 5.91 Å².